The van der Waals surface area contributed by atoms with Crippen LogP contribution in [0.25, 0.3) is 0 Å². The first-order valence-corrected chi connectivity index (χ1v) is 6.96. The van der Waals surface area contributed by atoms with Crippen LogP contribution in [0.15, 0.2) is 6.33 Å². The van der Waals surface area contributed by atoms with Gasteiger partial charge in [0.1, 0.15) is 6.33 Å². The standard InChI is InChI=1S/C14H22FN3/c1-3-12-13(15)14(17-10-16-12)18(2)11-8-6-4-5-7-9-11/h10-11H,3-9H2,1-2H3. The molecule has 3 nitrogen and oxygen atoms in total. The predicted molar refractivity (Wildman–Crippen MR) is 71.3 cm³/mol. The maximum atomic E-state index is 14.2. The van der Waals surface area contributed by atoms with Gasteiger partial charge in [-0.25, -0.2) is 14.4 Å². The molecule has 1 aromatic heterocycles. The lowest BCUT2D eigenvalue weighted by atomic mass is 10.1. The normalized spacial score (nSPS) is 17.5. The minimum atomic E-state index is -0.244. The summed E-state index contributed by atoms with van der Waals surface area (Å²) >= 11 is 0. The Morgan fingerprint density at radius 3 is 2.50 bits per heavy atom. The van der Waals surface area contributed by atoms with Crippen molar-refractivity contribution >= 4 is 5.82 Å². The van der Waals surface area contributed by atoms with Gasteiger partial charge in [-0.15, -0.1) is 0 Å². The first-order valence-electron chi connectivity index (χ1n) is 6.96. The molecule has 0 amide bonds. The Labute approximate surface area is 108 Å². The molecule has 1 aliphatic rings. The maximum Gasteiger partial charge on any atom is 0.187 e. The van der Waals surface area contributed by atoms with Gasteiger partial charge in [0.15, 0.2) is 11.6 Å². The zero-order valence-electron chi connectivity index (χ0n) is 11.3. The van der Waals surface area contributed by atoms with Crippen LogP contribution in [0.5, 0.6) is 0 Å². The summed E-state index contributed by atoms with van der Waals surface area (Å²) in [5, 5.41) is 0. The van der Waals surface area contributed by atoms with Crippen molar-refractivity contribution in [1.82, 2.24) is 9.97 Å². The van der Waals surface area contributed by atoms with Crippen molar-refractivity contribution in [2.24, 2.45) is 0 Å². The highest BCUT2D eigenvalue weighted by Crippen LogP contribution is 2.26. The first-order chi connectivity index (χ1) is 8.74. The molecular weight excluding hydrogens is 229 g/mol. The summed E-state index contributed by atoms with van der Waals surface area (Å²) in [6.07, 6.45) is 9.45. The van der Waals surface area contributed by atoms with Crippen molar-refractivity contribution < 1.29 is 4.39 Å². The molecule has 0 saturated heterocycles. The predicted octanol–water partition coefficient (Wildman–Crippen LogP) is 3.34. The molecule has 100 valence electrons. The third kappa shape index (κ3) is 2.79. The zero-order valence-corrected chi connectivity index (χ0v) is 11.3. The van der Waals surface area contributed by atoms with E-state index in [1.54, 1.807) is 0 Å². The van der Waals surface area contributed by atoms with Crippen molar-refractivity contribution in [2.75, 3.05) is 11.9 Å². The van der Waals surface area contributed by atoms with Gasteiger partial charge in [-0.1, -0.05) is 32.6 Å². The lowest BCUT2D eigenvalue weighted by Gasteiger charge is -2.28. The topological polar surface area (TPSA) is 29.0 Å². The van der Waals surface area contributed by atoms with Crippen LogP contribution >= 0.6 is 0 Å². The third-order valence-corrected chi connectivity index (χ3v) is 3.88. The Bertz CT molecular complexity index is 387. The lowest BCUT2D eigenvalue weighted by Crippen LogP contribution is -2.32. The van der Waals surface area contributed by atoms with E-state index in [9.17, 15) is 4.39 Å². The zero-order chi connectivity index (χ0) is 13.0. The monoisotopic (exact) mass is 251 g/mol. The molecule has 2 rings (SSSR count). The van der Waals surface area contributed by atoms with E-state index in [1.165, 1.54) is 32.0 Å². The fourth-order valence-corrected chi connectivity index (χ4v) is 2.71. The van der Waals surface area contributed by atoms with Gasteiger partial charge < -0.3 is 4.90 Å². The lowest BCUT2D eigenvalue weighted by molar-refractivity contribution is 0.525. The fraction of sp³-hybridized carbons (Fsp3) is 0.714. The molecule has 1 aromatic rings. The van der Waals surface area contributed by atoms with Crippen LogP contribution in [0.3, 0.4) is 0 Å². The van der Waals surface area contributed by atoms with Gasteiger partial charge in [-0.3, -0.25) is 0 Å². The quantitative estimate of drug-likeness (QED) is 0.771. The highest BCUT2D eigenvalue weighted by Gasteiger charge is 2.21. The van der Waals surface area contributed by atoms with E-state index in [0.29, 0.717) is 24.0 Å². The smallest absolute Gasteiger partial charge is 0.187 e. The van der Waals surface area contributed by atoms with E-state index in [0.717, 1.165) is 12.8 Å². The number of hydrogen-bond acceptors (Lipinski definition) is 3. The number of nitrogens with zero attached hydrogens (tertiary/aromatic N) is 3. The second-order valence-electron chi connectivity index (χ2n) is 5.07. The largest absolute Gasteiger partial charge is 0.354 e. The van der Waals surface area contributed by atoms with Crippen LogP contribution < -0.4 is 4.90 Å². The van der Waals surface area contributed by atoms with Crippen molar-refractivity contribution in [1.29, 1.82) is 0 Å². The minimum Gasteiger partial charge on any atom is -0.354 e. The molecule has 0 N–H and O–H groups in total. The molecule has 0 aliphatic heterocycles. The van der Waals surface area contributed by atoms with Crippen molar-refractivity contribution in [3.63, 3.8) is 0 Å². The van der Waals surface area contributed by atoms with E-state index in [2.05, 4.69) is 9.97 Å². The molecule has 0 atom stereocenters. The summed E-state index contributed by atoms with van der Waals surface area (Å²) < 4.78 is 14.2. The number of hydrogen-bond donors (Lipinski definition) is 0. The van der Waals surface area contributed by atoms with Crippen molar-refractivity contribution in [2.45, 2.75) is 57.9 Å². The van der Waals surface area contributed by atoms with Gasteiger partial charge in [0.05, 0.1) is 5.69 Å². The number of aromatic nitrogens is 2. The molecule has 0 radical (unpaired) electrons. The average Bonchev–Trinajstić information content (AvgIpc) is 2.67. The molecule has 4 heteroatoms. The molecule has 0 aromatic carbocycles. The Balaban J connectivity index is 2.19. The van der Waals surface area contributed by atoms with Gasteiger partial charge in [0.25, 0.3) is 0 Å². The Kier molecular flexibility index (Phi) is 4.50. The Morgan fingerprint density at radius 1 is 1.22 bits per heavy atom. The highest BCUT2D eigenvalue weighted by atomic mass is 19.1. The van der Waals surface area contributed by atoms with Gasteiger partial charge in [-0.2, -0.15) is 0 Å². The highest BCUT2D eigenvalue weighted by molar-refractivity contribution is 5.41. The maximum absolute atomic E-state index is 14.2. The minimum absolute atomic E-state index is 0.244. The second kappa shape index (κ2) is 6.12. The van der Waals surface area contributed by atoms with Gasteiger partial charge in [0, 0.05) is 13.1 Å². The molecular formula is C14H22FN3. The summed E-state index contributed by atoms with van der Waals surface area (Å²) in [5.74, 6) is 0.223. The van der Waals surface area contributed by atoms with Crippen LogP contribution in [0.4, 0.5) is 10.2 Å². The van der Waals surface area contributed by atoms with Crippen LogP contribution in [-0.2, 0) is 6.42 Å². The number of anilines is 1. The van der Waals surface area contributed by atoms with Gasteiger partial charge >= 0.3 is 0 Å². The fourth-order valence-electron chi connectivity index (χ4n) is 2.71. The Morgan fingerprint density at radius 2 is 1.89 bits per heavy atom. The molecule has 1 saturated carbocycles. The van der Waals surface area contributed by atoms with Crippen molar-refractivity contribution in [3.8, 4) is 0 Å². The second-order valence-corrected chi connectivity index (χ2v) is 5.07. The average molecular weight is 251 g/mol. The van der Waals surface area contributed by atoms with Crippen LogP contribution in [-0.4, -0.2) is 23.1 Å². The molecule has 1 heterocycles. The summed E-state index contributed by atoms with van der Waals surface area (Å²) in [6.45, 7) is 1.92. The van der Waals surface area contributed by atoms with Gasteiger partial charge in [0.2, 0.25) is 0 Å². The Hall–Kier alpha value is -1.19. The van der Waals surface area contributed by atoms with E-state index >= 15 is 0 Å². The molecule has 18 heavy (non-hydrogen) atoms. The van der Waals surface area contributed by atoms with E-state index in [1.807, 2.05) is 18.9 Å². The summed E-state index contributed by atoms with van der Waals surface area (Å²) in [7, 11) is 1.96. The summed E-state index contributed by atoms with van der Waals surface area (Å²) in [6, 6.07) is 0.418. The first kappa shape index (κ1) is 13.2. The molecule has 1 fully saturated rings. The van der Waals surface area contributed by atoms with E-state index < -0.39 is 0 Å². The molecule has 1 aliphatic carbocycles. The summed E-state index contributed by atoms with van der Waals surface area (Å²) in [4.78, 5) is 10.1. The third-order valence-electron chi connectivity index (χ3n) is 3.88. The SMILES string of the molecule is CCc1ncnc(N(C)C2CCCCCC2)c1F. The van der Waals surface area contributed by atoms with Gasteiger partial charge in [-0.05, 0) is 19.3 Å². The van der Waals surface area contributed by atoms with E-state index in [-0.39, 0.29) is 5.82 Å². The van der Waals surface area contributed by atoms with Crippen LogP contribution in [0, 0.1) is 5.82 Å². The van der Waals surface area contributed by atoms with Crippen LogP contribution in [0.2, 0.25) is 0 Å². The number of aryl methyl sites for hydroxylation is 1. The van der Waals surface area contributed by atoms with Crippen molar-refractivity contribution in [3.05, 3.63) is 17.8 Å². The summed E-state index contributed by atoms with van der Waals surface area (Å²) in [5.41, 5.74) is 0.514. The van der Waals surface area contributed by atoms with E-state index in [4.69, 9.17) is 0 Å². The molecule has 0 unspecified atom stereocenters. The number of halogens is 1. The molecule has 0 spiro atoms. The number of rotatable bonds is 3. The molecule has 0 bridgehead atoms. The van der Waals surface area contributed by atoms with Crippen LogP contribution in [0.1, 0.15) is 51.1 Å².